The van der Waals surface area contributed by atoms with E-state index in [1.54, 1.807) is 12.8 Å². The van der Waals surface area contributed by atoms with Crippen LogP contribution in [-0.2, 0) is 0 Å². The first kappa shape index (κ1) is 10.2. The van der Waals surface area contributed by atoms with Gasteiger partial charge < -0.3 is 0 Å². The van der Waals surface area contributed by atoms with Crippen LogP contribution in [0.15, 0.2) is 0 Å². The third-order valence-corrected chi connectivity index (χ3v) is 7.09. The van der Waals surface area contributed by atoms with E-state index in [1.807, 2.05) is 0 Å². The maximum atomic E-state index is 2.55. The molecular formula is C15H26. The number of hydrogen-bond donors (Lipinski definition) is 0. The van der Waals surface area contributed by atoms with Gasteiger partial charge in [0.1, 0.15) is 0 Å². The van der Waals surface area contributed by atoms with Gasteiger partial charge in [-0.05, 0) is 53.3 Å². The van der Waals surface area contributed by atoms with Crippen LogP contribution in [0.25, 0.3) is 0 Å². The predicted octanol–water partition coefficient (Wildman–Crippen LogP) is 4.35. The van der Waals surface area contributed by atoms with Crippen LogP contribution in [0.1, 0.15) is 53.9 Å². The summed E-state index contributed by atoms with van der Waals surface area (Å²) in [7, 11) is 0. The average molecular weight is 206 g/mol. The normalized spacial score (nSPS) is 60.2. The summed E-state index contributed by atoms with van der Waals surface area (Å²) in [5.74, 6) is 5.19. The van der Waals surface area contributed by atoms with Crippen LogP contribution in [0.3, 0.4) is 0 Å². The van der Waals surface area contributed by atoms with Crippen molar-refractivity contribution in [3.05, 3.63) is 0 Å². The zero-order chi connectivity index (χ0) is 11.0. The molecule has 0 heterocycles. The predicted molar refractivity (Wildman–Crippen MR) is 64.5 cm³/mol. The van der Waals surface area contributed by atoms with Crippen LogP contribution >= 0.6 is 0 Å². The van der Waals surface area contributed by atoms with Crippen LogP contribution in [0.5, 0.6) is 0 Å². The third-order valence-electron chi connectivity index (χ3n) is 7.09. The van der Waals surface area contributed by atoms with Crippen molar-refractivity contribution in [1.29, 1.82) is 0 Å². The minimum Gasteiger partial charge on any atom is -0.0651 e. The maximum absolute atomic E-state index is 2.55. The lowest BCUT2D eigenvalue weighted by Crippen LogP contribution is -2.73. The highest BCUT2D eigenvalue weighted by Gasteiger charge is 2.74. The molecule has 1 spiro atoms. The molecule has 15 heavy (non-hydrogen) atoms. The molecule has 0 nitrogen and oxygen atoms in total. The molecule has 4 aliphatic rings. The summed E-state index contributed by atoms with van der Waals surface area (Å²) in [5, 5.41) is 0. The van der Waals surface area contributed by atoms with Gasteiger partial charge in [0.2, 0.25) is 0 Å². The Hall–Kier alpha value is 0. The topological polar surface area (TPSA) is 0 Å². The summed E-state index contributed by atoms with van der Waals surface area (Å²) in [6.07, 6.45) is 4.51. The Labute approximate surface area is 94.8 Å². The first-order valence-electron chi connectivity index (χ1n) is 6.95. The second-order valence-electron chi connectivity index (χ2n) is 7.35. The Bertz CT molecular complexity index is 290. The van der Waals surface area contributed by atoms with Crippen LogP contribution in [-0.4, -0.2) is 0 Å². The van der Waals surface area contributed by atoms with E-state index < -0.39 is 0 Å². The molecule has 0 aromatic heterocycles. The molecule has 0 aliphatic heterocycles. The highest BCUT2D eigenvalue weighted by atomic mass is 14.8. The van der Waals surface area contributed by atoms with Gasteiger partial charge in [0.25, 0.3) is 0 Å². The van der Waals surface area contributed by atoms with E-state index in [-0.39, 0.29) is 0 Å². The van der Waals surface area contributed by atoms with Gasteiger partial charge >= 0.3 is 0 Å². The lowest BCUT2D eigenvalue weighted by Gasteiger charge is -2.79. The molecule has 4 fully saturated rings. The molecule has 0 radical (unpaired) electrons. The summed E-state index contributed by atoms with van der Waals surface area (Å²) >= 11 is 0. The molecule has 6 atom stereocenters. The van der Waals surface area contributed by atoms with Crippen molar-refractivity contribution in [3.8, 4) is 0 Å². The summed E-state index contributed by atoms with van der Waals surface area (Å²) in [6, 6.07) is 0. The molecule has 0 aromatic rings. The van der Waals surface area contributed by atoms with E-state index in [2.05, 4.69) is 34.6 Å². The van der Waals surface area contributed by atoms with Crippen molar-refractivity contribution in [2.45, 2.75) is 53.9 Å². The molecule has 0 N–H and O–H groups in total. The van der Waals surface area contributed by atoms with E-state index in [0.29, 0.717) is 5.41 Å². The van der Waals surface area contributed by atoms with E-state index in [9.17, 15) is 0 Å². The highest BCUT2D eigenvalue weighted by molar-refractivity contribution is 5.22. The molecule has 4 saturated carbocycles. The van der Waals surface area contributed by atoms with Gasteiger partial charge in [-0.1, -0.05) is 41.0 Å². The fourth-order valence-corrected chi connectivity index (χ4v) is 5.83. The van der Waals surface area contributed by atoms with Crippen molar-refractivity contribution in [3.63, 3.8) is 0 Å². The smallest absolute Gasteiger partial charge is 0.0230 e. The van der Waals surface area contributed by atoms with Crippen molar-refractivity contribution >= 4 is 0 Å². The zero-order valence-corrected chi connectivity index (χ0v) is 11.0. The minimum absolute atomic E-state index is 0.634. The molecule has 4 rings (SSSR count). The quantitative estimate of drug-likeness (QED) is 0.598. The van der Waals surface area contributed by atoms with Crippen molar-refractivity contribution in [2.75, 3.05) is 0 Å². The first-order chi connectivity index (χ1) is 6.95. The highest BCUT2D eigenvalue weighted by Crippen LogP contribution is 2.80. The molecule has 4 aliphatic carbocycles. The zero-order valence-electron chi connectivity index (χ0n) is 11.0. The van der Waals surface area contributed by atoms with Gasteiger partial charge in [0, 0.05) is 0 Å². The van der Waals surface area contributed by atoms with Crippen molar-refractivity contribution < 1.29 is 0 Å². The Morgan fingerprint density at radius 3 is 2.40 bits per heavy atom. The van der Waals surface area contributed by atoms with Gasteiger partial charge in [-0.2, -0.15) is 0 Å². The van der Waals surface area contributed by atoms with Crippen LogP contribution < -0.4 is 0 Å². The van der Waals surface area contributed by atoms with E-state index >= 15 is 0 Å². The van der Waals surface area contributed by atoms with Gasteiger partial charge in [0.15, 0.2) is 0 Å². The molecule has 86 valence electrons. The molecule has 6 unspecified atom stereocenters. The molecular weight excluding hydrogens is 180 g/mol. The molecule has 0 aromatic carbocycles. The summed E-state index contributed by atoms with van der Waals surface area (Å²) in [5.41, 5.74) is 1.45. The van der Waals surface area contributed by atoms with E-state index in [1.165, 1.54) is 6.42 Å². The summed E-state index contributed by atoms with van der Waals surface area (Å²) in [4.78, 5) is 0. The van der Waals surface area contributed by atoms with Gasteiger partial charge in [-0.15, -0.1) is 0 Å². The van der Waals surface area contributed by atoms with Gasteiger partial charge in [-0.25, -0.2) is 0 Å². The number of fused-ring (bicyclic) bond motifs is 2. The summed E-state index contributed by atoms with van der Waals surface area (Å²) in [6.45, 7) is 12.5. The Balaban J connectivity index is 1.91. The van der Waals surface area contributed by atoms with E-state index in [4.69, 9.17) is 0 Å². The van der Waals surface area contributed by atoms with Crippen LogP contribution in [0.2, 0.25) is 0 Å². The fraction of sp³-hybridized carbons (Fsp3) is 1.00. The lowest BCUT2D eigenvalue weighted by atomic mass is 9.25. The van der Waals surface area contributed by atoms with Crippen molar-refractivity contribution in [2.24, 2.45) is 40.4 Å². The van der Waals surface area contributed by atoms with Gasteiger partial charge in [-0.3, -0.25) is 0 Å². The average Bonchev–Trinajstić information content (AvgIpc) is 2.15. The monoisotopic (exact) mass is 206 g/mol. The van der Waals surface area contributed by atoms with Crippen molar-refractivity contribution in [1.82, 2.24) is 0 Å². The molecule has 2 bridgehead atoms. The van der Waals surface area contributed by atoms with E-state index in [0.717, 1.165) is 35.0 Å². The first-order valence-corrected chi connectivity index (χ1v) is 6.95. The number of hydrogen-bond acceptors (Lipinski definition) is 0. The summed E-state index contributed by atoms with van der Waals surface area (Å²) < 4.78 is 0. The Morgan fingerprint density at radius 1 is 1.13 bits per heavy atom. The Kier molecular flexibility index (Phi) is 1.78. The van der Waals surface area contributed by atoms with Crippen LogP contribution in [0.4, 0.5) is 0 Å². The Morgan fingerprint density at radius 2 is 1.80 bits per heavy atom. The second kappa shape index (κ2) is 2.63. The molecule has 0 heteroatoms. The largest absolute Gasteiger partial charge is 0.0651 e. The van der Waals surface area contributed by atoms with Gasteiger partial charge in [0.05, 0.1) is 0 Å². The fourth-order valence-electron chi connectivity index (χ4n) is 5.83. The third kappa shape index (κ3) is 0.875. The standard InChI is InChI=1S/C15H26/c1-6-11-7-15-8-12(14(11,4)5)13(15)9(2)10(15)3/h9-13H,6-8H2,1-5H3. The lowest BCUT2D eigenvalue weighted by molar-refractivity contribution is -0.313. The molecule has 0 amide bonds. The minimum atomic E-state index is 0.634. The SMILES string of the molecule is CCC1CC23CC(C2C(C)C3C)C1(C)C. The second-order valence-corrected chi connectivity index (χ2v) is 7.35. The maximum Gasteiger partial charge on any atom is -0.0230 e. The molecule has 0 saturated heterocycles. The number of rotatable bonds is 1. The van der Waals surface area contributed by atoms with Crippen LogP contribution in [0, 0.1) is 40.4 Å².